The Morgan fingerprint density at radius 2 is 1.79 bits per heavy atom. The molecule has 0 N–H and O–H groups in total. The van der Waals surface area contributed by atoms with Gasteiger partial charge in [0.25, 0.3) is 0 Å². The minimum absolute atomic E-state index is 0.0442. The van der Waals surface area contributed by atoms with Gasteiger partial charge < -0.3 is 9.64 Å². The summed E-state index contributed by atoms with van der Waals surface area (Å²) in [6, 6.07) is 9.38. The summed E-state index contributed by atoms with van der Waals surface area (Å²) < 4.78 is 71.3. The van der Waals surface area contributed by atoms with Crippen molar-refractivity contribution < 1.29 is 31.1 Å². The molecule has 178 valence electrons. The number of benzene rings is 2. The summed E-state index contributed by atoms with van der Waals surface area (Å²) in [5.41, 5.74) is 0.888. The van der Waals surface area contributed by atoms with Gasteiger partial charge in [0.2, 0.25) is 15.9 Å². The number of piperidine rings is 1. The Labute approximate surface area is 191 Å². The summed E-state index contributed by atoms with van der Waals surface area (Å²) in [4.78, 5) is 14.6. The van der Waals surface area contributed by atoms with Gasteiger partial charge in [-0.3, -0.25) is 4.79 Å². The predicted octanol–water partition coefficient (Wildman–Crippen LogP) is 4.09. The lowest BCUT2D eigenvalue weighted by molar-refractivity contribution is -0.137. The maximum Gasteiger partial charge on any atom is 0.416 e. The van der Waals surface area contributed by atoms with Gasteiger partial charge in [-0.1, -0.05) is 6.07 Å². The van der Waals surface area contributed by atoms with Crippen molar-refractivity contribution in [3.05, 3.63) is 53.6 Å². The van der Waals surface area contributed by atoms with Gasteiger partial charge >= 0.3 is 6.18 Å². The number of sulfonamides is 1. The number of hydrogen-bond donors (Lipinski definition) is 0. The molecule has 0 aliphatic carbocycles. The fourth-order valence-corrected chi connectivity index (χ4v) is 5.99. The SMILES string of the molecule is COc1ccc2c(c1)CCCN2C(=O)C1CCN(S(=O)(=O)c2cccc(C(F)(F)F)c2)CC1. The van der Waals surface area contributed by atoms with E-state index in [1.165, 1.54) is 10.4 Å². The zero-order valence-electron chi connectivity index (χ0n) is 18.1. The molecule has 0 saturated carbocycles. The van der Waals surface area contributed by atoms with Crippen molar-refractivity contribution in [1.82, 2.24) is 4.31 Å². The van der Waals surface area contributed by atoms with Crippen LogP contribution in [-0.2, 0) is 27.4 Å². The molecule has 2 aliphatic rings. The van der Waals surface area contributed by atoms with Gasteiger partial charge in [0, 0.05) is 31.2 Å². The van der Waals surface area contributed by atoms with E-state index in [4.69, 9.17) is 4.74 Å². The number of nitrogens with zero attached hydrogens (tertiary/aromatic N) is 2. The van der Waals surface area contributed by atoms with Crippen molar-refractivity contribution in [3.63, 3.8) is 0 Å². The average Bonchev–Trinajstić information content (AvgIpc) is 2.82. The predicted molar refractivity (Wildman–Crippen MR) is 117 cm³/mol. The van der Waals surface area contributed by atoms with Crippen LogP contribution in [0.4, 0.5) is 18.9 Å². The largest absolute Gasteiger partial charge is 0.497 e. The van der Waals surface area contributed by atoms with Crippen LogP contribution < -0.4 is 9.64 Å². The Kier molecular flexibility index (Phi) is 6.41. The van der Waals surface area contributed by atoms with Crippen LogP contribution in [0.25, 0.3) is 0 Å². The molecule has 6 nitrogen and oxygen atoms in total. The second-order valence-corrected chi connectivity index (χ2v) is 10.2. The van der Waals surface area contributed by atoms with E-state index in [9.17, 15) is 26.4 Å². The quantitative estimate of drug-likeness (QED) is 0.658. The normalized spacial score (nSPS) is 18.1. The Hall–Kier alpha value is -2.59. The van der Waals surface area contributed by atoms with Crippen LogP contribution in [-0.4, -0.2) is 45.4 Å². The smallest absolute Gasteiger partial charge is 0.416 e. The van der Waals surface area contributed by atoms with E-state index in [0.29, 0.717) is 25.5 Å². The zero-order chi connectivity index (χ0) is 23.8. The van der Waals surface area contributed by atoms with Gasteiger partial charge in [-0.15, -0.1) is 0 Å². The highest BCUT2D eigenvalue weighted by molar-refractivity contribution is 7.89. The van der Waals surface area contributed by atoms with E-state index in [1.807, 2.05) is 18.2 Å². The zero-order valence-corrected chi connectivity index (χ0v) is 19.0. The van der Waals surface area contributed by atoms with Crippen LogP contribution in [0.2, 0.25) is 0 Å². The van der Waals surface area contributed by atoms with Crippen LogP contribution in [0.5, 0.6) is 5.75 Å². The van der Waals surface area contributed by atoms with Crippen molar-refractivity contribution >= 4 is 21.6 Å². The van der Waals surface area contributed by atoms with E-state index in [2.05, 4.69) is 0 Å². The number of anilines is 1. The summed E-state index contributed by atoms with van der Waals surface area (Å²) in [6.45, 7) is 0.761. The maximum atomic E-state index is 13.3. The molecule has 2 aromatic rings. The molecule has 4 rings (SSSR count). The van der Waals surface area contributed by atoms with Gasteiger partial charge in [-0.2, -0.15) is 17.5 Å². The second kappa shape index (κ2) is 8.98. The molecular formula is C23H25F3N2O4S. The van der Waals surface area contributed by atoms with E-state index >= 15 is 0 Å². The molecule has 1 saturated heterocycles. The fourth-order valence-electron chi connectivity index (χ4n) is 4.47. The Bertz CT molecular complexity index is 1140. The fraction of sp³-hybridized carbons (Fsp3) is 0.435. The molecule has 1 amide bonds. The van der Waals surface area contributed by atoms with Gasteiger partial charge in [-0.05, 0) is 67.6 Å². The van der Waals surface area contributed by atoms with Gasteiger partial charge in [0.05, 0.1) is 17.6 Å². The molecule has 1 fully saturated rings. The molecule has 33 heavy (non-hydrogen) atoms. The van der Waals surface area contributed by atoms with Crippen LogP contribution in [0, 0.1) is 5.92 Å². The molecular weight excluding hydrogens is 457 g/mol. The van der Waals surface area contributed by atoms with Gasteiger partial charge in [-0.25, -0.2) is 8.42 Å². The van der Waals surface area contributed by atoms with Crippen molar-refractivity contribution in [2.24, 2.45) is 5.92 Å². The highest BCUT2D eigenvalue weighted by Crippen LogP contribution is 2.34. The van der Waals surface area contributed by atoms with Crippen molar-refractivity contribution in [3.8, 4) is 5.75 Å². The van der Waals surface area contributed by atoms with E-state index in [1.54, 1.807) is 12.0 Å². The Balaban J connectivity index is 1.46. The number of aryl methyl sites for hydroxylation is 1. The number of ether oxygens (including phenoxy) is 1. The molecule has 0 aromatic heterocycles. The maximum absolute atomic E-state index is 13.3. The van der Waals surface area contributed by atoms with E-state index < -0.39 is 21.8 Å². The summed E-state index contributed by atoms with van der Waals surface area (Å²) >= 11 is 0. The lowest BCUT2D eigenvalue weighted by Gasteiger charge is -2.36. The monoisotopic (exact) mass is 482 g/mol. The van der Waals surface area contributed by atoms with Crippen LogP contribution in [0.3, 0.4) is 0 Å². The number of rotatable bonds is 4. The number of methoxy groups -OCH3 is 1. The van der Waals surface area contributed by atoms with Gasteiger partial charge in [0.1, 0.15) is 5.75 Å². The van der Waals surface area contributed by atoms with Crippen molar-refractivity contribution in [2.75, 3.05) is 31.6 Å². The molecule has 2 aliphatic heterocycles. The van der Waals surface area contributed by atoms with Crippen LogP contribution in [0.1, 0.15) is 30.4 Å². The summed E-state index contributed by atoms with van der Waals surface area (Å²) in [5, 5.41) is 0. The first-order valence-corrected chi connectivity index (χ1v) is 12.2. The molecule has 0 spiro atoms. The highest BCUT2D eigenvalue weighted by atomic mass is 32.2. The molecule has 2 aromatic carbocycles. The number of fused-ring (bicyclic) bond motifs is 1. The Morgan fingerprint density at radius 1 is 1.06 bits per heavy atom. The first kappa shape index (κ1) is 23.6. The number of hydrogen-bond acceptors (Lipinski definition) is 4. The third-order valence-electron chi connectivity index (χ3n) is 6.27. The summed E-state index contributed by atoms with van der Waals surface area (Å²) in [6.07, 6.45) is -2.31. The molecule has 0 atom stereocenters. The topological polar surface area (TPSA) is 66.9 Å². The summed E-state index contributed by atoms with van der Waals surface area (Å²) in [7, 11) is -2.49. The van der Waals surface area contributed by atoms with Crippen molar-refractivity contribution in [1.29, 1.82) is 0 Å². The first-order valence-electron chi connectivity index (χ1n) is 10.8. The molecule has 2 heterocycles. The lowest BCUT2D eigenvalue weighted by atomic mass is 9.94. The second-order valence-electron chi connectivity index (χ2n) is 8.29. The van der Waals surface area contributed by atoms with E-state index in [-0.39, 0.29) is 29.8 Å². The number of amides is 1. The number of halogens is 3. The Morgan fingerprint density at radius 3 is 2.45 bits per heavy atom. The molecule has 10 heteroatoms. The van der Waals surface area contributed by atoms with E-state index in [0.717, 1.165) is 42.0 Å². The van der Waals surface area contributed by atoms with Crippen molar-refractivity contribution in [2.45, 2.75) is 36.8 Å². The molecule has 0 radical (unpaired) electrons. The number of carbonyl (C=O) groups is 1. The minimum Gasteiger partial charge on any atom is -0.497 e. The highest BCUT2D eigenvalue weighted by Gasteiger charge is 2.37. The molecule has 0 bridgehead atoms. The van der Waals surface area contributed by atoms with Crippen LogP contribution in [0.15, 0.2) is 47.4 Å². The molecule has 0 unspecified atom stereocenters. The third kappa shape index (κ3) is 4.72. The van der Waals surface area contributed by atoms with Crippen LogP contribution >= 0.6 is 0 Å². The van der Waals surface area contributed by atoms with Gasteiger partial charge in [0.15, 0.2) is 0 Å². The standard InChI is InChI=1S/C23H25F3N2O4S/c1-32-19-7-8-21-17(14-19)4-3-11-28(21)22(29)16-9-12-27(13-10-16)33(30,31)20-6-2-5-18(15-20)23(24,25)26/h2,5-8,14-16H,3-4,9-13H2,1H3. The minimum atomic E-state index is -4.63. The first-order chi connectivity index (χ1) is 15.6. The third-order valence-corrected chi connectivity index (χ3v) is 8.17. The average molecular weight is 483 g/mol. The lowest BCUT2D eigenvalue weighted by Crippen LogP contribution is -2.45. The number of alkyl halides is 3. The number of carbonyl (C=O) groups excluding carboxylic acids is 1. The summed E-state index contributed by atoms with van der Waals surface area (Å²) in [5.74, 6) is 0.347.